The van der Waals surface area contributed by atoms with Crippen molar-refractivity contribution in [2.75, 3.05) is 10.6 Å². The summed E-state index contributed by atoms with van der Waals surface area (Å²) >= 11 is 6.68. The van der Waals surface area contributed by atoms with E-state index in [-0.39, 0.29) is 24.7 Å². The van der Waals surface area contributed by atoms with Crippen LogP contribution in [0.3, 0.4) is 0 Å². The highest BCUT2D eigenvalue weighted by Gasteiger charge is 2.08. The normalized spacial score (nSPS) is 10.1. The molecule has 114 valence electrons. The van der Waals surface area contributed by atoms with Crippen molar-refractivity contribution >= 4 is 55.0 Å². The van der Waals surface area contributed by atoms with Crippen LogP contribution in [-0.2, 0) is 9.59 Å². The zero-order valence-electron chi connectivity index (χ0n) is 11.6. The van der Waals surface area contributed by atoms with Crippen molar-refractivity contribution in [1.82, 2.24) is 0 Å². The minimum Gasteiger partial charge on any atom is -0.326 e. The molecule has 2 amide bonds. The third kappa shape index (κ3) is 5.61. The van der Waals surface area contributed by atoms with Gasteiger partial charge in [-0.3, -0.25) is 9.59 Å². The number of hydrogen-bond donors (Lipinski definition) is 2. The lowest BCUT2D eigenvalue weighted by molar-refractivity contribution is -0.121. The molecule has 0 saturated heterocycles. The predicted molar refractivity (Wildman–Crippen MR) is 94.8 cm³/mol. The Balaban J connectivity index is 1.79. The van der Waals surface area contributed by atoms with Gasteiger partial charge in [-0.2, -0.15) is 0 Å². The molecule has 2 aromatic rings. The lowest BCUT2D eigenvalue weighted by Crippen LogP contribution is -2.17. The maximum absolute atomic E-state index is 11.8. The van der Waals surface area contributed by atoms with Gasteiger partial charge >= 0.3 is 0 Å². The van der Waals surface area contributed by atoms with Gasteiger partial charge in [0.05, 0.1) is 0 Å². The summed E-state index contributed by atoms with van der Waals surface area (Å²) in [5, 5.41) is 5.51. The van der Waals surface area contributed by atoms with Crippen molar-refractivity contribution < 1.29 is 9.59 Å². The van der Waals surface area contributed by atoms with Crippen LogP contribution in [0.25, 0.3) is 0 Å². The zero-order valence-corrected chi connectivity index (χ0v) is 14.8. The second-order valence-corrected chi connectivity index (χ2v) is 6.45. The van der Waals surface area contributed by atoms with E-state index in [1.165, 1.54) is 0 Å². The minimum atomic E-state index is -0.192. The molecular formula is C16H14Br2N2O2. The van der Waals surface area contributed by atoms with Gasteiger partial charge in [0.25, 0.3) is 0 Å². The topological polar surface area (TPSA) is 58.2 Å². The second kappa shape index (κ2) is 8.10. The second-order valence-electron chi connectivity index (χ2n) is 4.62. The van der Waals surface area contributed by atoms with E-state index in [2.05, 4.69) is 42.5 Å². The molecule has 0 fully saturated rings. The standard InChI is InChI=1S/C16H14Br2N2O2/c17-11-3-1-5-13(9-11)19-15(21)7-8-16(22)20-14-6-2-4-12(18)10-14/h1-6,9-10H,7-8H2,(H,19,21)(H,20,22). The van der Waals surface area contributed by atoms with Crippen LogP contribution in [-0.4, -0.2) is 11.8 Å². The SMILES string of the molecule is O=C(CCC(=O)Nc1cccc(Br)c1)Nc1cccc(Br)c1. The first-order chi connectivity index (χ1) is 10.5. The quantitative estimate of drug-likeness (QED) is 0.737. The average Bonchev–Trinajstić information content (AvgIpc) is 2.45. The summed E-state index contributed by atoms with van der Waals surface area (Å²) in [6, 6.07) is 14.6. The van der Waals surface area contributed by atoms with E-state index in [9.17, 15) is 9.59 Å². The zero-order chi connectivity index (χ0) is 15.9. The molecule has 0 radical (unpaired) electrons. The van der Waals surface area contributed by atoms with Crippen molar-refractivity contribution in [2.24, 2.45) is 0 Å². The lowest BCUT2D eigenvalue weighted by Gasteiger charge is -2.07. The van der Waals surface area contributed by atoms with Crippen LogP contribution in [0.1, 0.15) is 12.8 Å². The van der Waals surface area contributed by atoms with Gasteiger partial charge < -0.3 is 10.6 Å². The highest BCUT2D eigenvalue weighted by atomic mass is 79.9. The van der Waals surface area contributed by atoms with E-state index < -0.39 is 0 Å². The van der Waals surface area contributed by atoms with Gasteiger partial charge in [0.2, 0.25) is 11.8 Å². The molecule has 0 atom stereocenters. The Morgan fingerprint density at radius 2 is 1.18 bits per heavy atom. The first-order valence-corrected chi connectivity index (χ1v) is 8.22. The van der Waals surface area contributed by atoms with Crippen molar-refractivity contribution in [2.45, 2.75) is 12.8 Å². The average molecular weight is 426 g/mol. The molecule has 0 bridgehead atoms. The van der Waals surface area contributed by atoms with Gasteiger partial charge in [0.1, 0.15) is 0 Å². The molecule has 4 nitrogen and oxygen atoms in total. The van der Waals surface area contributed by atoms with Crippen molar-refractivity contribution in [3.8, 4) is 0 Å². The summed E-state index contributed by atoms with van der Waals surface area (Å²) in [4.78, 5) is 23.6. The number of hydrogen-bond acceptors (Lipinski definition) is 2. The molecule has 2 aromatic carbocycles. The van der Waals surface area contributed by atoms with Gasteiger partial charge in [0.15, 0.2) is 0 Å². The molecule has 0 heterocycles. The van der Waals surface area contributed by atoms with Crippen LogP contribution in [0.15, 0.2) is 57.5 Å². The Bertz CT molecular complexity index is 630. The maximum Gasteiger partial charge on any atom is 0.224 e. The highest BCUT2D eigenvalue weighted by molar-refractivity contribution is 9.10. The van der Waals surface area contributed by atoms with Gasteiger partial charge in [-0.15, -0.1) is 0 Å². The van der Waals surface area contributed by atoms with Crippen molar-refractivity contribution in [1.29, 1.82) is 0 Å². The van der Waals surface area contributed by atoms with E-state index in [0.29, 0.717) is 11.4 Å². The summed E-state index contributed by atoms with van der Waals surface area (Å²) in [6.07, 6.45) is 0.263. The summed E-state index contributed by atoms with van der Waals surface area (Å²) in [5.41, 5.74) is 1.40. The number of amides is 2. The molecule has 6 heteroatoms. The van der Waals surface area contributed by atoms with Crippen LogP contribution in [0.5, 0.6) is 0 Å². The molecule has 0 spiro atoms. The molecule has 0 aromatic heterocycles. The number of benzene rings is 2. The fourth-order valence-electron chi connectivity index (χ4n) is 1.81. The van der Waals surface area contributed by atoms with E-state index >= 15 is 0 Å². The number of halogens is 2. The lowest BCUT2D eigenvalue weighted by atomic mass is 10.2. The highest BCUT2D eigenvalue weighted by Crippen LogP contribution is 2.17. The minimum absolute atomic E-state index is 0.131. The largest absolute Gasteiger partial charge is 0.326 e. The Kier molecular flexibility index (Phi) is 6.15. The Labute approximate surface area is 145 Å². The molecule has 2 N–H and O–H groups in total. The summed E-state index contributed by atoms with van der Waals surface area (Å²) < 4.78 is 1.77. The Morgan fingerprint density at radius 3 is 1.55 bits per heavy atom. The smallest absolute Gasteiger partial charge is 0.224 e. The number of carbonyl (C=O) groups is 2. The molecule has 0 unspecified atom stereocenters. The molecule has 0 aliphatic heterocycles. The van der Waals surface area contributed by atoms with Crippen LogP contribution >= 0.6 is 31.9 Å². The van der Waals surface area contributed by atoms with Crippen molar-refractivity contribution in [3.63, 3.8) is 0 Å². The first kappa shape index (κ1) is 16.7. The summed E-state index contributed by atoms with van der Waals surface area (Å²) in [5.74, 6) is -0.384. The fourth-order valence-corrected chi connectivity index (χ4v) is 2.60. The molecule has 2 rings (SSSR count). The number of nitrogens with one attached hydrogen (secondary N) is 2. The number of rotatable bonds is 5. The molecule has 0 saturated carbocycles. The van der Waals surface area contributed by atoms with Crippen LogP contribution in [0, 0.1) is 0 Å². The third-order valence-electron chi connectivity index (χ3n) is 2.80. The number of carbonyl (C=O) groups excluding carboxylic acids is 2. The first-order valence-electron chi connectivity index (χ1n) is 6.64. The number of anilines is 2. The molecule has 0 aliphatic carbocycles. The van der Waals surface area contributed by atoms with Gasteiger partial charge in [0, 0.05) is 33.2 Å². The van der Waals surface area contributed by atoms with E-state index in [0.717, 1.165) is 8.95 Å². The summed E-state index contributed by atoms with van der Waals surface area (Å²) in [6.45, 7) is 0. The Hall–Kier alpha value is -1.66. The molecular weight excluding hydrogens is 412 g/mol. The van der Waals surface area contributed by atoms with E-state index in [1.807, 2.05) is 24.3 Å². The molecule has 22 heavy (non-hydrogen) atoms. The van der Waals surface area contributed by atoms with Crippen LogP contribution in [0.2, 0.25) is 0 Å². The third-order valence-corrected chi connectivity index (χ3v) is 3.78. The van der Waals surface area contributed by atoms with Gasteiger partial charge in [-0.1, -0.05) is 44.0 Å². The van der Waals surface area contributed by atoms with Gasteiger partial charge in [-0.25, -0.2) is 0 Å². The molecule has 0 aliphatic rings. The van der Waals surface area contributed by atoms with Gasteiger partial charge in [-0.05, 0) is 36.4 Å². The fraction of sp³-hybridized carbons (Fsp3) is 0.125. The maximum atomic E-state index is 11.8. The van der Waals surface area contributed by atoms with E-state index in [4.69, 9.17) is 0 Å². The van der Waals surface area contributed by atoms with Crippen molar-refractivity contribution in [3.05, 3.63) is 57.5 Å². The Morgan fingerprint density at radius 1 is 0.773 bits per heavy atom. The summed E-state index contributed by atoms with van der Waals surface area (Å²) in [7, 11) is 0. The van der Waals surface area contributed by atoms with Crippen LogP contribution in [0.4, 0.5) is 11.4 Å². The van der Waals surface area contributed by atoms with Crippen LogP contribution < -0.4 is 10.6 Å². The monoisotopic (exact) mass is 424 g/mol. The van der Waals surface area contributed by atoms with E-state index in [1.54, 1.807) is 24.3 Å². The predicted octanol–water partition coefficient (Wildman–Crippen LogP) is 4.57.